The van der Waals surface area contributed by atoms with Crippen LogP contribution in [0.25, 0.3) is 0 Å². The topological polar surface area (TPSA) is 12.0 Å². The van der Waals surface area contributed by atoms with Crippen molar-refractivity contribution in [2.75, 3.05) is 0 Å². The SMILES string of the molecule is Fc1ccc(C2C[C@H]2NCl)cc1. The molecule has 1 aliphatic rings. The van der Waals surface area contributed by atoms with Crippen molar-refractivity contribution >= 4 is 11.8 Å². The Labute approximate surface area is 75.7 Å². The van der Waals surface area contributed by atoms with Crippen LogP contribution in [0, 0.1) is 5.82 Å². The fraction of sp³-hybridized carbons (Fsp3) is 0.333. The molecule has 1 aliphatic carbocycles. The molecule has 64 valence electrons. The predicted octanol–water partition coefficient (Wildman–Crippen LogP) is 2.42. The van der Waals surface area contributed by atoms with E-state index in [4.69, 9.17) is 11.8 Å². The molecule has 2 atom stereocenters. The zero-order chi connectivity index (χ0) is 8.55. The van der Waals surface area contributed by atoms with Crippen LogP contribution >= 0.6 is 11.8 Å². The highest BCUT2D eigenvalue weighted by atomic mass is 35.5. The zero-order valence-corrected chi connectivity index (χ0v) is 7.18. The Balaban J connectivity index is 2.10. The van der Waals surface area contributed by atoms with Crippen molar-refractivity contribution < 1.29 is 4.39 Å². The van der Waals surface area contributed by atoms with Gasteiger partial charge in [0.15, 0.2) is 0 Å². The Hall–Kier alpha value is -0.600. The fourth-order valence-electron chi connectivity index (χ4n) is 1.39. The number of halogens is 2. The summed E-state index contributed by atoms with van der Waals surface area (Å²) in [7, 11) is 0. The van der Waals surface area contributed by atoms with Crippen LogP contribution < -0.4 is 4.84 Å². The van der Waals surface area contributed by atoms with Crippen LogP contribution in [0.15, 0.2) is 24.3 Å². The fourth-order valence-corrected chi connectivity index (χ4v) is 1.64. The third-order valence-electron chi connectivity index (χ3n) is 2.23. The summed E-state index contributed by atoms with van der Waals surface area (Å²) >= 11 is 5.45. The summed E-state index contributed by atoms with van der Waals surface area (Å²) in [5.41, 5.74) is 1.16. The van der Waals surface area contributed by atoms with Crippen molar-refractivity contribution in [2.24, 2.45) is 0 Å². The maximum Gasteiger partial charge on any atom is 0.123 e. The van der Waals surface area contributed by atoms with Gasteiger partial charge in [0.05, 0.1) is 0 Å². The van der Waals surface area contributed by atoms with Crippen LogP contribution in [0.4, 0.5) is 4.39 Å². The molecule has 1 saturated carbocycles. The molecule has 1 aromatic rings. The Kier molecular flexibility index (Phi) is 2.03. The largest absolute Gasteiger partial charge is 0.230 e. The van der Waals surface area contributed by atoms with E-state index < -0.39 is 0 Å². The highest BCUT2D eigenvalue weighted by Gasteiger charge is 2.37. The van der Waals surface area contributed by atoms with E-state index >= 15 is 0 Å². The lowest BCUT2D eigenvalue weighted by atomic mass is 10.1. The molecule has 2 rings (SSSR count). The molecule has 12 heavy (non-hydrogen) atoms. The molecule has 3 heteroatoms. The van der Waals surface area contributed by atoms with E-state index in [1.807, 2.05) is 12.1 Å². The van der Waals surface area contributed by atoms with Gasteiger partial charge in [0.2, 0.25) is 0 Å². The molecule has 0 radical (unpaired) electrons. The van der Waals surface area contributed by atoms with Crippen LogP contribution in [0.1, 0.15) is 17.9 Å². The first-order valence-corrected chi connectivity index (χ1v) is 4.30. The Morgan fingerprint density at radius 1 is 1.33 bits per heavy atom. The third kappa shape index (κ3) is 1.45. The number of hydrogen-bond acceptors (Lipinski definition) is 1. The molecule has 1 unspecified atom stereocenters. The van der Waals surface area contributed by atoms with Gasteiger partial charge in [0.1, 0.15) is 5.82 Å². The van der Waals surface area contributed by atoms with Gasteiger partial charge in [-0.15, -0.1) is 0 Å². The Morgan fingerprint density at radius 2 is 2.00 bits per heavy atom. The molecular formula is C9H9ClFN. The van der Waals surface area contributed by atoms with Crippen molar-refractivity contribution in [3.8, 4) is 0 Å². The molecule has 0 aliphatic heterocycles. The van der Waals surface area contributed by atoms with Crippen molar-refractivity contribution in [1.29, 1.82) is 0 Å². The van der Waals surface area contributed by atoms with Crippen LogP contribution in [-0.2, 0) is 0 Å². The molecular weight excluding hydrogens is 177 g/mol. The minimum Gasteiger partial charge on any atom is -0.230 e. The van der Waals surface area contributed by atoms with Crippen molar-refractivity contribution in [3.63, 3.8) is 0 Å². The summed E-state index contributed by atoms with van der Waals surface area (Å²) in [6, 6.07) is 6.97. The monoisotopic (exact) mass is 185 g/mol. The maximum atomic E-state index is 12.5. The van der Waals surface area contributed by atoms with Gasteiger partial charge in [-0.2, -0.15) is 0 Å². The molecule has 1 N–H and O–H groups in total. The first kappa shape index (κ1) is 8.02. The Bertz CT molecular complexity index is 272. The van der Waals surface area contributed by atoms with Gasteiger partial charge >= 0.3 is 0 Å². The number of hydrogen-bond donors (Lipinski definition) is 1. The second kappa shape index (κ2) is 3.04. The van der Waals surface area contributed by atoms with E-state index in [2.05, 4.69) is 4.84 Å². The summed E-state index contributed by atoms with van der Waals surface area (Å²) in [4.78, 5) is 2.68. The van der Waals surface area contributed by atoms with Crippen LogP contribution in [-0.4, -0.2) is 6.04 Å². The van der Waals surface area contributed by atoms with Gasteiger partial charge in [-0.1, -0.05) is 12.1 Å². The lowest BCUT2D eigenvalue weighted by Crippen LogP contribution is -2.02. The zero-order valence-electron chi connectivity index (χ0n) is 6.43. The maximum absolute atomic E-state index is 12.5. The van der Waals surface area contributed by atoms with Gasteiger partial charge in [-0.3, -0.25) is 0 Å². The quantitative estimate of drug-likeness (QED) is 0.698. The second-order valence-corrected chi connectivity index (χ2v) is 3.33. The average Bonchev–Trinajstić information content (AvgIpc) is 2.85. The van der Waals surface area contributed by atoms with Gasteiger partial charge in [0.25, 0.3) is 0 Å². The summed E-state index contributed by atoms with van der Waals surface area (Å²) in [6.07, 6.45) is 1.05. The van der Waals surface area contributed by atoms with E-state index in [0.29, 0.717) is 12.0 Å². The van der Waals surface area contributed by atoms with Crippen molar-refractivity contribution in [2.45, 2.75) is 18.4 Å². The molecule has 1 aromatic carbocycles. The molecule has 0 aromatic heterocycles. The smallest absolute Gasteiger partial charge is 0.123 e. The molecule has 0 spiro atoms. The molecule has 1 nitrogen and oxygen atoms in total. The van der Waals surface area contributed by atoms with Gasteiger partial charge in [-0.25, -0.2) is 9.23 Å². The minimum atomic E-state index is -0.185. The van der Waals surface area contributed by atoms with Gasteiger partial charge < -0.3 is 0 Å². The van der Waals surface area contributed by atoms with Gasteiger partial charge in [0, 0.05) is 12.0 Å². The van der Waals surface area contributed by atoms with Crippen LogP contribution in [0.3, 0.4) is 0 Å². The van der Waals surface area contributed by atoms with E-state index in [9.17, 15) is 4.39 Å². The van der Waals surface area contributed by atoms with Crippen LogP contribution in [0.5, 0.6) is 0 Å². The molecule has 0 saturated heterocycles. The molecule has 0 amide bonds. The molecule has 0 bridgehead atoms. The molecule has 1 fully saturated rings. The summed E-state index contributed by atoms with van der Waals surface area (Å²) in [5, 5.41) is 0. The summed E-state index contributed by atoms with van der Waals surface area (Å²) < 4.78 is 12.5. The van der Waals surface area contributed by atoms with E-state index in [1.165, 1.54) is 12.1 Å². The lowest BCUT2D eigenvalue weighted by Gasteiger charge is -1.97. The number of nitrogens with one attached hydrogen (secondary N) is 1. The average molecular weight is 186 g/mol. The van der Waals surface area contributed by atoms with Crippen LogP contribution in [0.2, 0.25) is 0 Å². The Morgan fingerprint density at radius 3 is 2.50 bits per heavy atom. The second-order valence-electron chi connectivity index (χ2n) is 3.11. The summed E-state index contributed by atoms with van der Waals surface area (Å²) in [5.74, 6) is 0.290. The number of benzene rings is 1. The normalized spacial score (nSPS) is 27.2. The lowest BCUT2D eigenvalue weighted by molar-refractivity contribution is 0.627. The van der Waals surface area contributed by atoms with Gasteiger partial charge in [-0.05, 0) is 35.9 Å². The van der Waals surface area contributed by atoms with E-state index in [-0.39, 0.29) is 5.82 Å². The van der Waals surface area contributed by atoms with Crippen molar-refractivity contribution in [3.05, 3.63) is 35.6 Å². The predicted molar refractivity (Wildman–Crippen MR) is 46.5 cm³/mol. The highest BCUT2D eigenvalue weighted by molar-refractivity contribution is 6.13. The first-order valence-electron chi connectivity index (χ1n) is 3.93. The minimum absolute atomic E-state index is 0.185. The van der Waals surface area contributed by atoms with E-state index in [1.54, 1.807) is 0 Å². The first-order chi connectivity index (χ1) is 5.81. The van der Waals surface area contributed by atoms with Crippen molar-refractivity contribution in [1.82, 2.24) is 4.84 Å². The molecule has 0 heterocycles. The van der Waals surface area contributed by atoms with E-state index in [0.717, 1.165) is 12.0 Å². The number of rotatable bonds is 2. The standard InChI is InChI=1S/C9H9ClFN/c10-12-9-5-8(9)6-1-3-7(11)4-2-6/h1-4,8-9,12H,5H2/t8?,9-/m1/s1. The summed E-state index contributed by atoms with van der Waals surface area (Å²) in [6.45, 7) is 0. The highest BCUT2D eigenvalue weighted by Crippen LogP contribution is 2.40. The third-order valence-corrected chi connectivity index (χ3v) is 2.51.